The fraction of sp³-hybridized carbons (Fsp3) is 0.259. The van der Waals surface area contributed by atoms with Crippen LogP contribution in [0, 0.1) is 6.92 Å². The predicted molar refractivity (Wildman–Crippen MR) is 141 cm³/mol. The molecule has 0 unspecified atom stereocenters. The van der Waals surface area contributed by atoms with E-state index in [9.17, 15) is 9.59 Å². The van der Waals surface area contributed by atoms with Crippen molar-refractivity contribution < 1.29 is 9.59 Å². The number of anilines is 3. The number of thioether (sulfide) groups is 1. The zero-order valence-electron chi connectivity index (χ0n) is 19.6. The Morgan fingerprint density at radius 1 is 0.824 bits per heavy atom. The van der Waals surface area contributed by atoms with Crippen LogP contribution in [-0.2, 0) is 11.2 Å². The number of nitrogens with one attached hydrogen (secondary N) is 2. The zero-order valence-corrected chi connectivity index (χ0v) is 20.4. The number of aryl methyl sites for hydroxylation is 1. The lowest BCUT2D eigenvalue weighted by molar-refractivity contribution is -0.130. The molecule has 1 fully saturated rings. The summed E-state index contributed by atoms with van der Waals surface area (Å²) in [4.78, 5) is 30.4. The molecule has 1 aliphatic heterocycles. The van der Waals surface area contributed by atoms with Crippen molar-refractivity contribution in [1.82, 2.24) is 4.90 Å². The summed E-state index contributed by atoms with van der Waals surface area (Å²) in [5.74, 6) is 0.183. The normalized spacial score (nSPS) is 13.5. The second-order valence-corrected chi connectivity index (χ2v) is 9.21. The van der Waals surface area contributed by atoms with Crippen LogP contribution in [0.2, 0.25) is 0 Å². The molecule has 2 N–H and O–H groups in total. The monoisotopic (exact) mass is 474 g/mol. The number of hydrogen-bond donors (Lipinski definition) is 2. The van der Waals surface area contributed by atoms with E-state index < -0.39 is 0 Å². The Bertz CT molecular complexity index is 1120. The van der Waals surface area contributed by atoms with Gasteiger partial charge in [-0.05, 0) is 72.8 Å². The Hall–Kier alpha value is -3.45. The third-order valence-corrected chi connectivity index (χ3v) is 6.82. The van der Waals surface area contributed by atoms with Gasteiger partial charge in [0, 0.05) is 48.1 Å². The van der Waals surface area contributed by atoms with Gasteiger partial charge >= 0.3 is 6.03 Å². The van der Waals surface area contributed by atoms with Gasteiger partial charge in [0.05, 0.1) is 6.42 Å². The Kier molecular flexibility index (Phi) is 7.75. The summed E-state index contributed by atoms with van der Waals surface area (Å²) < 4.78 is 0. The van der Waals surface area contributed by atoms with Crippen LogP contribution in [0.15, 0.2) is 77.7 Å². The number of amides is 3. The van der Waals surface area contributed by atoms with Gasteiger partial charge in [-0.3, -0.25) is 4.79 Å². The standard InChI is InChI=1S/C27H30N4O2S/c1-20-5-3-4-6-21(20)19-26(32)31-17-15-30(16-18-31)24-11-7-22(8-12-24)28-27(33)29-23-9-13-25(34-2)14-10-23/h3-14H,15-19H2,1-2H3,(H2,28,29,33). The molecule has 1 aliphatic rings. The van der Waals surface area contributed by atoms with Gasteiger partial charge in [-0.2, -0.15) is 0 Å². The van der Waals surface area contributed by atoms with Crippen molar-refractivity contribution in [3.05, 3.63) is 83.9 Å². The molecule has 3 amide bonds. The molecule has 0 bridgehead atoms. The van der Waals surface area contributed by atoms with E-state index in [0.29, 0.717) is 19.5 Å². The molecule has 0 aromatic heterocycles. The third-order valence-electron chi connectivity index (χ3n) is 6.07. The molecule has 3 aromatic carbocycles. The highest BCUT2D eigenvalue weighted by Crippen LogP contribution is 2.21. The SMILES string of the molecule is CSc1ccc(NC(=O)Nc2ccc(N3CCN(C(=O)Cc4ccccc4C)CC3)cc2)cc1. The van der Waals surface area contributed by atoms with E-state index in [2.05, 4.69) is 15.5 Å². The summed E-state index contributed by atoms with van der Waals surface area (Å²) in [6.45, 7) is 5.05. The summed E-state index contributed by atoms with van der Waals surface area (Å²) in [6.07, 6.45) is 2.47. The van der Waals surface area contributed by atoms with E-state index in [4.69, 9.17) is 0 Å². The number of hydrogen-bond acceptors (Lipinski definition) is 4. The van der Waals surface area contributed by atoms with Crippen LogP contribution in [0.25, 0.3) is 0 Å². The van der Waals surface area contributed by atoms with Gasteiger partial charge in [0.1, 0.15) is 0 Å². The highest BCUT2D eigenvalue weighted by atomic mass is 32.2. The lowest BCUT2D eigenvalue weighted by Crippen LogP contribution is -2.49. The van der Waals surface area contributed by atoms with E-state index in [-0.39, 0.29) is 11.9 Å². The Labute approximate surface area is 205 Å². The number of urea groups is 1. The van der Waals surface area contributed by atoms with Crippen LogP contribution in [0.4, 0.5) is 21.9 Å². The first-order chi connectivity index (χ1) is 16.5. The molecule has 1 saturated heterocycles. The maximum absolute atomic E-state index is 12.7. The molecule has 0 radical (unpaired) electrons. The lowest BCUT2D eigenvalue weighted by Gasteiger charge is -2.36. The van der Waals surface area contributed by atoms with Gasteiger partial charge in [0.25, 0.3) is 0 Å². The highest BCUT2D eigenvalue weighted by molar-refractivity contribution is 7.98. The lowest BCUT2D eigenvalue weighted by atomic mass is 10.1. The van der Waals surface area contributed by atoms with Gasteiger partial charge in [0.2, 0.25) is 5.91 Å². The van der Waals surface area contributed by atoms with Crippen molar-refractivity contribution in [3.63, 3.8) is 0 Å². The van der Waals surface area contributed by atoms with Gasteiger partial charge < -0.3 is 20.4 Å². The molecule has 176 valence electrons. The fourth-order valence-electron chi connectivity index (χ4n) is 4.02. The topological polar surface area (TPSA) is 64.7 Å². The van der Waals surface area contributed by atoms with E-state index in [1.54, 1.807) is 11.8 Å². The van der Waals surface area contributed by atoms with Crippen molar-refractivity contribution in [2.45, 2.75) is 18.2 Å². The van der Waals surface area contributed by atoms with E-state index >= 15 is 0 Å². The average Bonchev–Trinajstić information content (AvgIpc) is 2.86. The molecular weight excluding hydrogens is 444 g/mol. The summed E-state index contributed by atoms with van der Waals surface area (Å²) in [5, 5.41) is 5.72. The molecule has 4 rings (SSSR count). The molecule has 0 aliphatic carbocycles. The van der Waals surface area contributed by atoms with E-state index in [1.165, 1.54) is 0 Å². The van der Waals surface area contributed by atoms with Crippen molar-refractivity contribution in [3.8, 4) is 0 Å². The second-order valence-electron chi connectivity index (χ2n) is 8.33. The molecular formula is C27H30N4O2S. The zero-order chi connectivity index (χ0) is 23.9. The number of carbonyl (C=O) groups is 2. The average molecular weight is 475 g/mol. The minimum Gasteiger partial charge on any atom is -0.368 e. The minimum absolute atomic E-state index is 0.183. The fourth-order valence-corrected chi connectivity index (χ4v) is 4.43. The Balaban J connectivity index is 1.26. The molecule has 0 atom stereocenters. The molecule has 6 nitrogen and oxygen atoms in total. The highest BCUT2D eigenvalue weighted by Gasteiger charge is 2.21. The molecule has 3 aromatic rings. The second kappa shape index (κ2) is 11.1. The van der Waals surface area contributed by atoms with E-state index in [1.807, 2.05) is 90.9 Å². The van der Waals surface area contributed by atoms with Gasteiger partial charge in [-0.1, -0.05) is 24.3 Å². The quantitative estimate of drug-likeness (QED) is 0.479. The first kappa shape index (κ1) is 23.7. The summed E-state index contributed by atoms with van der Waals surface area (Å²) in [6, 6.07) is 23.3. The third kappa shape index (κ3) is 6.11. The smallest absolute Gasteiger partial charge is 0.323 e. The Morgan fingerprint density at radius 3 is 2.00 bits per heavy atom. The Morgan fingerprint density at radius 2 is 1.41 bits per heavy atom. The number of rotatable bonds is 6. The number of piperazine rings is 1. The maximum atomic E-state index is 12.7. The van der Waals surface area contributed by atoms with E-state index in [0.717, 1.165) is 46.2 Å². The molecule has 0 saturated carbocycles. The summed E-state index contributed by atoms with van der Waals surface area (Å²) in [5.41, 5.74) is 4.82. The van der Waals surface area contributed by atoms with Crippen LogP contribution in [-0.4, -0.2) is 49.3 Å². The van der Waals surface area contributed by atoms with Gasteiger partial charge in [-0.25, -0.2) is 4.79 Å². The first-order valence-corrected chi connectivity index (χ1v) is 12.6. The van der Waals surface area contributed by atoms with Crippen molar-refractivity contribution >= 4 is 40.8 Å². The van der Waals surface area contributed by atoms with Crippen LogP contribution >= 0.6 is 11.8 Å². The minimum atomic E-state index is -0.273. The number of benzene rings is 3. The maximum Gasteiger partial charge on any atom is 0.323 e. The summed E-state index contributed by atoms with van der Waals surface area (Å²) in [7, 11) is 0. The van der Waals surface area contributed by atoms with Gasteiger partial charge in [0.15, 0.2) is 0 Å². The van der Waals surface area contributed by atoms with Gasteiger partial charge in [-0.15, -0.1) is 11.8 Å². The van der Waals surface area contributed by atoms with Crippen LogP contribution in [0.1, 0.15) is 11.1 Å². The number of carbonyl (C=O) groups excluding carboxylic acids is 2. The predicted octanol–water partition coefficient (Wildman–Crippen LogP) is 5.25. The van der Waals surface area contributed by atoms with Crippen molar-refractivity contribution in [2.24, 2.45) is 0 Å². The first-order valence-electron chi connectivity index (χ1n) is 11.4. The molecule has 7 heteroatoms. The molecule has 34 heavy (non-hydrogen) atoms. The molecule has 0 spiro atoms. The number of nitrogens with zero attached hydrogens (tertiary/aromatic N) is 2. The largest absolute Gasteiger partial charge is 0.368 e. The van der Waals surface area contributed by atoms with Crippen molar-refractivity contribution in [2.75, 3.05) is 48.0 Å². The van der Waals surface area contributed by atoms with Crippen molar-refractivity contribution in [1.29, 1.82) is 0 Å². The van der Waals surface area contributed by atoms with Crippen LogP contribution < -0.4 is 15.5 Å². The van der Waals surface area contributed by atoms with Crippen LogP contribution in [0.5, 0.6) is 0 Å². The van der Waals surface area contributed by atoms with Crippen LogP contribution in [0.3, 0.4) is 0 Å². The summed E-state index contributed by atoms with van der Waals surface area (Å²) >= 11 is 1.66. The molecule has 1 heterocycles.